The summed E-state index contributed by atoms with van der Waals surface area (Å²) in [5.41, 5.74) is 7.35. The van der Waals surface area contributed by atoms with Crippen LogP contribution < -0.4 is 5.73 Å². The maximum absolute atomic E-state index is 11.8. The van der Waals surface area contributed by atoms with E-state index in [9.17, 15) is 9.59 Å². The molecule has 1 aromatic rings. The number of hydrogen-bond donors (Lipinski definition) is 1. The minimum absolute atomic E-state index is 0.190. The molecule has 1 saturated carbocycles. The third-order valence-corrected chi connectivity index (χ3v) is 5.19. The highest BCUT2D eigenvalue weighted by Crippen LogP contribution is 2.39. The minimum Gasteiger partial charge on any atom is -0.465 e. The molecule has 132 valence electrons. The van der Waals surface area contributed by atoms with Gasteiger partial charge in [-0.25, -0.2) is 0 Å². The standard InChI is InChI=1S/C20H29NO3/c1-2-3-12-24-19(23)13-16-4-6-18(7-5-16)20(15-22)10-8-17(14-21)9-11-20/h4-7,15,17H,2-3,8-14,21H2,1H3. The van der Waals surface area contributed by atoms with E-state index in [0.29, 0.717) is 19.1 Å². The molecule has 4 nitrogen and oxygen atoms in total. The molecule has 0 aliphatic heterocycles. The summed E-state index contributed by atoms with van der Waals surface area (Å²) in [6.45, 7) is 3.26. The van der Waals surface area contributed by atoms with Gasteiger partial charge in [-0.15, -0.1) is 0 Å². The molecule has 24 heavy (non-hydrogen) atoms. The first-order valence-corrected chi connectivity index (χ1v) is 9.05. The molecule has 0 atom stereocenters. The second kappa shape index (κ2) is 8.97. The van der Waals surface area contributed by atoms with Gasteiger partial charge in [-0.1, -0.05) is 37.6 Å². The molecule has 2 rings (SSSR count). The number of benzene rings is 1. The molecular weight excluding hydrogens is 302 g/mol. The predicted molar refractivity (Wildman–Crippen MR) is 94.8 cm³/mol. The normalized spacial score (nSPS) is 23.7. The Morgan fingerprint density at radius 3 is 2.50 bits per heavy atom. The lowest BCUT2D eigenvalue weighted by Crippen LogP contribution is -2.35. The van der Waals surface area contributed by atoms with Crippen LogP contribution in [0, 0.1) is 5.92 Å². The second-order valence-corrected chi connectivity index (χ2v) is 6.90. The number of ether oxygens (including phenoxy) is 1. The highest BCUT2D eigenvalue weighted by atomic mass is 16.5. The molecule has 1 fully saturated rings. The van der Waals surface area contributed by atoms with Gasteiger partial charge in [0, 0.05) is 0 Å². The lowest BCUT2D eigenvalue weighted by molar-refractivity contribution is -0.142. The maximum Gasteiger partial charge on any atom is 0.310 e. The summed E-state index contributed by atoms with van der Waals surface area (Å²) >= 11 is 0. The van der Waals surface area contributed by atoms with Crippen LogP contribution in [0.2, 0.25) is 0 Å². The first kappa shape index (κ1) is 18.7. The Balaban J connectivity index is 1.97. The molecule has 0 spiro atoms. The Hall–Kier alpha value is -1.68. The van der Waals surface area contributed by atoms with Crippen LogP contribution >= 0.6 is 0 Å². The lowest BCUT2D eigenvalue weighted by atomic mass is 9.67. The van der Waals surface area contributed by atoms with Gasteiger partial charge in [0.2, 0.25) is 0 Å². The van der Waals surface area contributed by atoms with Gasteiger partial charge in [0.15, 0.2) is 0 Å². The summed E-state index contributed by atoms with van der Waals surface area (Å²) in [4.78, 5) is 23.6. The topological polar surface area (TPSA) is 69.4 Å². The van der Waals surface area contributed by atoms with Gasteiger partial charge in [0.05, 0.1) is 18.4 Å². The number of hydrogen-bond acceptors (Lipinski definition) is 4. The zero-order valence-corrected chi connectivity index (χ0v) is 14.6. The van der Waals surface area contributed by atoms with Crippen molar-refractivity contribution in [2.45, 2.75) is 57.3 Å². The first-order chi connectivity index (χ1) is 11.6. The Labute approximate surface area is 144 Å². The van der Waals surface area contributed by atoms with Crippen LogP contribution in [0.15, 0.2) is 24.3 Å². The van der Waals surface area contributed by atoms with Crippen LogP contribution in [0.25, 0.3) is 0 Å². The predicted octanol–water partition coefficient (Wildman–Crippen LogP) is 3.16. The van der Waals surface area contributed by atoms with Crippen molar-refractivity contribution in [3.63, 3.8) is 0 Å². The number of aldehydes is 1. The monoisotopic (exact) mass is 331 g/mol. The second-order valence-electron chi connectivity index (χ2n) is 6.90. The van der Waals surface area contributed by atoms with Gasteiger partial charge in [0.25, 0.3) is 0 Å². The summed E-state index contributed by atoms with van der Waals surface area (Å²) in [6.07, 6.45) is 7.02. The number of rotatable bonds is 8. The maximum atomic E-state index is 11.8. The minimum atomic E-state index is -0.383. The van der Waals surface area contributed by atoms with Crippen LogP contribution in [0.5, 0.6) is 0 Å². The Kier molecular flexibility index (Phi) is 6.98. The lowest BCUT2D eigenvalue weighted by Gasteiger charge is -2.36. The van der Waals surface area contributed by atoms with Crippen molar-refractivity contribution in [3.8, 4) is 0 Å². The molecule has 0 heterocycles. The van der Waals surface area contributed by atoms with E-state index in [4.69, 9.17) is 10.5 Å². The van der Waals surface area contributed by atoms with Crippen molar-refractivity contribution in [2.75, 3.05) is 13.2 Å². The van der Waals surface area contributed by atoms with Crippen LogP contribution in [-0.4, -0.2) is 25.4 Å². The zero-order valence-electron chi connectivity index (χ0n) is 14.6. The van der Waals surface area contributed by atoms with Crippen molar-refractivity contribution < 1.29 is 14.3 Å². The average Bonchev–Trinajstić information content (AvgIpc) is 2.62. The van der Waals surface area contributed by atoms with Gasteiger partial charge in [-0.05, 0) is 55.7 Å². The number of nitrogens with two attached hydrogens (primary N) is 1. The first-order valence-electron chi connectivity index (χ1n) is 9.05. The zero-order chi connectivity index (χ0) is 17.4. The third-order valence-electron chi connectivity index (χ3n) is 5.19. The van der Waals surface area contributed by atoms with Crippen molar-refractivity contribution in [2.24, 2.45) is 11.7 Å². The number of carbonyl (C=O) groups is 2. The van der Waals surface area contributed by atoms with Crippen molar-refractivity contribution in [3.05, 3.63) is 35.4 Å². The van der Waals surface area contributed by atoms with Crippen LogP contribution in [0.1, 0.15) is 56.6 Å². The molecular formula is C20H29NO3. The molecule has 0 saturated heterocycles. The number of esters is 1. The van der Waals surface area contributed by atoms with E-state index in [0.717, 1.165) is 55.9 Å². The van der Waals surface area contributed by atoms with Gasteiger partial charge in [-0.2, -0.15) is 0 Å². The molecule has 1 aliphatic rings. The fraction of sp³-hybridized carbons (Fsp3) is 0.600. The molecule has 0 amide bonds. The van der Waals surface area contributed by atoms with E-state index in [1.807, 2.05) is 24.3 Å². The highest BCUT2D eigenvalue weighted by molar-refractivity contribution is 5.73. The highest BCUT2D eigenvalue weighted by Gasteiger charge is 2.36. The van der Waals surface area contributed by atoms with E-state index in [1.54, 1.807) is 0 Å². The fourth-order valence-electron chi connectivity index (χ4n) is 3.41. The van der Waals surface area contributed by atoms with E-state index in [2.05, 4.69) is 6.92 Å². The summed E-state index contributed by atoms with van der Waals surface area (Å²) in [6, 6.07) is 7.87. The molecule has 0 aromatic heterocycles. The van der Waals surface area contributed by atoms with E-state index in [1.165, 1.54) is 0 Å². The molecule has 1 aliphatic carbocycles. The quantitative estimate of drug-likeness (QED) is 0.451. The number of unbranched alkanes of at least 4 members (excludes halogenated alkanes) is 1. The van der Waals surface area contributed by atoms with E-state index < -0.39 is 0 Å². The molecule has 0 unspecified atom stereocenters. The van der Waals surface area contributed by atoms with Gasteiger partial charge in [0.1, 0.15) is 6.29 Å². The van der Waals surface area contributed by atoms with E-state index >= 15 is 0 Å². The molecule has 4 heteroatoms. The summed E-state index contributed by atoms with van der Waals surface area (Å²) in [5, 5.41) is 0. The molecule has 2 N–H and O–H groups in total. The Morgan fingerprint density at radius 2 is 1.96 bits per heavy atom. The molecule has 0 radical (unpaired) electrons. The van der Waals surface area contributed by atoms with Gasteiger partial charge >= 0.3 is 5.97 Å². The summed E-state index contributed by atoms with van der Waals surface area (Å²) in [5.74, 6) is 0.347. The molecule has 0 bridgehead atoms. The SMILES string of the molecule is CCCCOC(=O)Cc1ccc(C2(C=O)CCC(CN)CC2)cc1. The van der Waals surface area contributed by atoms with Gasteiger partial charge in [-0.3, -0.25) is 4.79 Å². The van der Waals surface area contributed by atoms with Crippen LogP contribution in [0.3, 0.4) is 0 Å². The summed E-state index contributed by atoms with van der Waals surface area (Å²) < 4.78 is 5.19. The van der Waals surface area contributed by atoms with Crippen LogP contribution in [-0.2, 0) is 26.2 Å². The summed E-state index contributed by atoms with van der Waals surface area (Å²) in [7, 11) is 0. The smallest absolute Gasteiger partial charge is 0.310 e. The molecule has 1 aromatic carbocycles. The largest absolute Gasteiger partial charge is 0.465 e. The van der Waals surface area contributed by atoms with Crippen molar-refractivity contribution in [1.29, 1.82) is 0 Å². The van der Waals surface area contributed by atoms with E-state index in [-0.39, 0.29) is 17.8 Å². The fourth-order valence-corrected chi connectivity index (χ4v) is 3.41. The Bertz CT molecular complexity index is 530. The third kappa shape index (κ3) is 4.67. The van der Waals surface area contributed by atoms with Crippen molar-refractivity contribution in [1.82, 2.24) is 0 Å². The number of carbonyl (C=O) groups excluding carboxylic acids is 2. The Morgan fingerprint density at radius 1 is 1.29 bits per heavy atom. The average molecular weight is 331 g/mol. The van der Waals surface area contributed by atoms with Crippen LogP contribution in [0.4, 0.5) is 0 Å². The van der Waals surface area contributed by atoms with Gasteiger partial charge < -0.3 is 15.3 Å². The van der Waals surface area contributed by atoms with Crippen molar-refractivity contribution >= 4 is 12.3 Å².